The second kappa shape index (κ2) is 9.21. The van der Waals surface area contributed by atoms with Gasteiger partial charge in [0.05, 0.1) is 6.07 Å². The van der Waals surface area contributed by atoms with Crippen molar-refractivity contribution in [2.24, 2.45) is 5.92 Å². The molecule has 0 spiro atoms. The second-order valence-corrected chi connectivity index (χ2v) is 6.77. The van der Waals surface area contributed by atoms with Crippen LogP contribution in [0.15, 0.2) is 42.5 Å². The van der Waals surface area contributed by atoms with E-state index in [4.69, 9.17) is 5.26 Å². The summed E-state index contributed by atoms with van der Waals surface area (Å²) in [5.74, 6) is 0.260. The summed E-state index contributed by atoms with van der Waals surface area (Å²) >= 11 is 0. The van der Waals surface area contributed by atoms with Gasteiger partial charge in [-0.2, -0.15) is 5.26 Å². The summed E-state index contributed by atoms with van der Waals surface area (Å²) in [5.41, 5.74) is 1.10. The predicted molar refractivity (Wildman–Crippen MR) is 105 cm³/mol. The van der Waals surface area contributed by atoms with Crippen LogP contribution in [-0.4, -0.2) is 43.5 Å². The fourth-order valence-electron chi connectivity index (χ4n) is 3.53. The number of carbonyl (C=O) groups excluding carboxylic acids is 1. The normalized spacial score (nSPS) is 15.5. The van der Waals surface area contributed by atoms with Crippen LogP contribution in [-0.2, 0) is 4.79 Å². The molecule has 3 rings (SSSR count). The summed E-state index contributed by atoms with van der Waals surface area (Å²) in [6, 6.07) is 16.7. The Morgan fingerprint density at radius 2 is 1.88 bits per heavy atom. The van der Waals surface area contributed by atoms with Crippen molar-refractivity contribution in [3.63, 3.8) is 0 Å². The molecule has 1 amide bonds. The lowest BCUT2D eigenvalue weighted by atomic mass is 9.96. The number of fused-ring (bicyclic) bond motifs is 1. The molecule has 1 heterocycles. The number of carbonyl (C=O) groups is 1. The Morgan fingerprint density at radius 3 is 2.69 bits per heavy atom. The van der Waals surface area contributed by atoms with E-state index < -0.39 is 0 Å². The van der Waals surface area contributed by atoms with Crippen molar-refractivity contribution in [3.05, 3.63) is 42.5 Å². The number of hydrogen-bond donors (Lipinski definition) is 2. The first-order chi connectivity index (χ1) is 12.8. The van der Waals surface area contributed by atoms with Crippen LogP contribution in [0.1, 0.15) is 19.3 Å². The molecule has 0 atom stereocenters. The SMILES string of the molecule is N#CCCN1CCC(C(=O)NCCNc2cccc3ccccc23)CC1. The third-order valence-electron chi connectivity index (χ3n) is 5.03. The topological polar surface area (TPSA) is 68.2 Å². The van der Waals surface area contributed by atoms with Crippen LogP contribution in [0.25, 0.3) is 10.8 Å². The van der Waals surface area contributed by atoms with Crippen molar-refractivity contribution >= 4 is 22.4 Å². The standard InChI is InChI=1S/C21H26N4O/c22-11-4-14-25-15-9-18(10-16-25)21(26)24-13-12-23-20-8-3-6-17-5-1-2-7-19(17)20/h1-3,5-8,18,23H,4,9-10,12-16H2,(H,24,26). The van der Waals surface area contributed by atoms with Crippen LogP contribution in [0.5, 0.6) is 0 Å². The number of amides is 1. The average molecular weight is 350 g/mol. The monoisotopic (exact) mass is 350 g/mol. The Morgan fingerprint density at radius 1 is 1.12 bits per heavy atom. The van der Waals surface area contributed by atoms with E-state index in [1.165, 1.54) is 10.8 Å². The van der Waals surface area contributed by atoms with Crippen molar-refractivity contribution in [1.29, 1.82) is 5.26 Å². The summed E-state index contributed by atoms with van der Waals surface area (Å²) in [6.07, 6.45) is 2.33. The molecule has 136 valence electrons. The molecule has 5 heteroatoms. The van der Waals surface area contributed by atoms with Gasteiger partial charge in [-0.05, 0) is 37.4 Å². The highest BCUT2D eigenvalue weighted by Crippen LogP contribution is 2.22. The fourth-order valence-corrected chi connectivity index (χ4v) is 3.53. The van der Waals surface area contributed by atoms with Crippen molar-refractivity contribution < 1.29 is 4.79 Å². The van der Waals surface area contributed by atoms with Gasteiger partial charge in [0, 0.05) is 43.0 Å². The van der Waals surface area contributed by atoms with Crippen molar-refractivity contribution in [1.82, 2.24) is 10.2 Å². The predicted octanol–water partition coefficient (Wildman–Crippen LogP) is 2.99. The van der Waals surface area contributed by atoms with E-state index in [1.54, 1.807) is 0 Å². The van der Waals surface area contributed by atoms with Crippen LogP contribution in [0, 0.1) is 17.2 Å². The molecular formula is C21H26N4O. The molecule has 1 aliphatic rings. The number of piperidine rings is 1. The molecule has 5 nitrogen and oxygen atoms in total. The summed E-state index contributed by atoms with van der Waals surface area (Å²) in [6.45, 7) is 3.97. The first kappa shape index (κ1) is 18.2. The van der Waals surface area contributed by atoms with Crippen LogP contribution in [0.3, 0.4) is 0 Å². The minimum atomic E-state index is 0.103. The summed E-state index contributed by atoms with van der Waals surface area (Å²) in [7, 11) is 0. The molecular weight excluding hydrogens is 324 g/mol. The third kappa shape index (κ3) is 4.74. The van der Waals surface area contributed by atoms with Crippen LogP contribution < -0.4 is 10.6 Å². The number of nitriles is 1. The molecule has 1 saturated heterocycles. The Hall–Kier alpha value is -2.58. The smallest absolute Gasteiger partial charge is 0.223 e. The summed E-state index contributed by atoms with van der Waals surface area (Å²) in [5, 5.41) is 17.5. The lowest BCUT2D eigenvalue weighted by molar-refractivity contribution is -0.126. The minimum absolute atomic E-state index is 0.103. The number of benzene rings is 2. The maximum atomic E-state index is 12.3. The molecule has 0 radical (unpaired) electrons. The first-order valence-electron chi connectivity index (χ1n) is 9.36. The molecule has 0 unspecified atom stereocenters. The Labute approximate surface area is 155 Å². The molecule has 2 aromatic rings. The molecule has 0 aromatic heterocycles. The number of hydrogen-bond acceptors (Lipinski definition) is 4. The van der Waals surface area contributed by atoms with Gasteiger partial charge >= 0.3 is 0 Å². The lowest BCUT2D eigenvalue weighted by Crippen LogP contribution is -2.41. The van der Waals surface area contributed by atoms with E-state index in [-0.39, 0.29) is 11.8 Å². The summed E-state index contributed by atoms with van der Waals surface area (Å²) < 4.78 is 0. The molecule has 1 aliphatic heterocycles. The molecule has 0 aliphatic carbocycles. The van der Waals surface area contributed by atoms with Gasteiger partial charge in [0.25, 0.3) is 0 Å². The van der Waals surface area contributed by atoms with Crippen LogP contribution >= 0.6 is 0 Å². The van der Waals surface area contributed by atoms with Gasteiger partial charge in [-0.1, -0.05) is 36.4 Å². The molecule has 1 fully saturated rings. The Bertz CT molecular complexity index is 770. The second-order valence-electron chi connectivity index (χ2n) is 6.77. The van der Waals surface area contributed by atoms with Crippen molar-refractivity contribution in [2.45, 2.75) is 19.3 Å². The van der Waals surface area contributed by atoms with Crippen molar-refractivity contribution in [3.8, 4) is 6.07 Å². The Balaban J connectivity index is 1.40. The highest BCUT2D eigenvalue weighted by molar-refractivity contribution is 5.93. The largest absolute Gasteiger partial charge is 0.383 e. The molecule has 0 saturated carbocycles. The van der Waals surface area contributed by atoms with E-state index in [2.05, 4.69) is 45.9 Å². The highest BCUT2D eigenvalue weighted by Gasteiger charge is 2.24. The average Bonchev–Trinajstić information content (AvgIpc) is 2.70. The van der Waals surface area contributed by atoms with E-state index in [9.17, 15) is 4.79 Å². The lowest BCUT2D eigenvalue weighted by Gasteiger charge is -2.30. The van der Waals surface area contributed by atoms with Gasteiger partial charge in [0.15, 0.2) is 0 Å². The summed E-state index contributed by atoms with van der Waals surface area (Å²) in [4.78, 5) is 14.6. The van der Waals surface area contributed by atoms with Gasteiger partial charge in [-0.15, -0.1) is 0 Å². The third-order valence-corrected chi connectivity index (χ3v) is 5.03. The zero-order valence-corrected chi connectivity index (χ0v) is 15.1. The van der Waals surface area contributed by atoms with Crippen molar-refractivity contribution in [2.75, 3.05) is 38.0 Å². The number of nitrogens with zero attached hydrogens (tertiary/aromatic N) is 2. The zero-order valence-electron chi connectivity index (χ0n) is 15.1. The zero-order chi connectivity index (χ0) is 18.2. The highest BCUT2D eigenvalue weighted by atomic mass is 16.1. The molecule has 0 bridgehead atoms. The Kier molecular flexibility index (Phi) is 6.45. The fraction of sp³-hybridized carbons (Fsp3) is 0.429. The number of nitrogens with one attached hydrogen (secondary N) is 2. The van der Waals surface area contributed by atoms with Gasteiger partial charge in [-0.25, -0.2) is 0 Å². The van der Waals surface area contributed by atoms with Crippen LogP contribution in [0.4, 0.5) is 5.69 Å². The van der Waals surface area contributed by atoms with E-state index in [0.717, 1.165) is 38.2 Å². The molecule has 2 N–H and O–H groups in total. The van der Waals surface area contributed by atoms with Gasteiger partial charge in [0.1, 0.15) is 0 Å². The number of likely N-dealkylation sites (tertiary alicyclic amines) is 1. The van der Waals surface area contributed by atoms with Gasteiger partial charge in [-0.3, -0.25) is 4.79 Å². The quantitative estimate of drug-likeness (QED) is 0.753. The van der Waals surface area contributed by atoms with Crippen LogP contribution in [0.2, 0.25) is 0 Å². The van der Waals surface area contributed by atoms with E-state index in [1.807, 2.05) is 18.2 Å². The van der Waals surface area contributed by atoms with E-state index >= 15 is 0 Å². The minimum Gasteiger partial charge on any atom is -0.383 e. The van der Waals surface area contributed by atoms with E-state index in [0.29, 0.717) is 19.5 Å². The number of anilines is 1. The maximum Gasteiger partial charge on any atom is 0.223 e. The van der Waals surface area contributed by atoms with Gasteiger partial charge in [0.2, 0.25) is 5.91 Å². The molecule has 26 heavy (non-hydrogen) atoms. The maximum absolute atomic E-state index is 12.3. The first-order valence-corrected chi connectivity index (χ1v) is 9.36. The molecule has 2 aromatic carbocycles. The van der Waals surface area contributed by atoms with Gasteiger partial charge < -0.3 is 15.5 Å². The number of rotatable bonds is 7.